The molecule has 0 saturated carbocycles. The third kappa shape index (κ3) is 1.91. The lowest BCUT2D eigenvalue weighted by atomic mass is 10.2. The number of nitrogen functional groups attached to an aromatic ring is 1. The molecule has 1 aromatic carbocycles. The summed E-state index contributed by atoms with van der Waals surface area (Å²) in [6, 6.07) is 8.79. The van der Waals surface area contributed by atoms with Gasteiger partial charge in [0, 0.05) is 18.4 Å². The summed E-state index contributed by atoms with van der Waals surface area (Å²) in [4.78, 5) is 13.5. The third-order valence-corrected chi connectivity index (χ3v) is 2.33. The van der Waals surface area contributed by atoms with Crippen molar-refractivity contribution in [3.8, 4) is 0 Å². The van der Waals surface area contributed by atoms with E-state index in [1.165, 1.54) is 17.4 Å². The van der Waals surface area contributed by atoms with Crippen LogP contribution in [0, 0.1) is 0 Å². The zero-order valence-corrected chi connectivity index (χ0v) is 8.88. The first-order valence-electron chi connectivity index (χ1n) is 4.84. The van der Waals surface area contributed by atoms with Crippen molar-refractivity contribution in [2.75, 3.05) is 17.7 Å². The highest BCUT2D eigenvalue weighted by Gasteiger charge is 2.14. The van der Waals surface area contributed by atoms with Crippen molar-refractivity contribution in [3.05, 3.63) is 48.4 Å². The Balaban J connectivity index is 2.26. The van der Waals surface area contributed by atoms with E-state index in [9.17, 15) is 4.79 Å². The first-order valence-corrected chi connectivity index (χ1v) is 4.84. The van der Waals surface area contributed by atoms with Gasteiger partial charge in [0.05, 0.1) is 11.8 Å². The number of benzene rings is 1. The van der Waals surface area contributed by atoms with Gasteiger partial charge >= 0.3 is 0 Å². The molecule has 4 nitrogen and oxygen atoms in total. The van der Waals surface area contributed by atoms with Gasteiger partial charge in [0.1, 0.15) is 6.26 Å². The number of carbonyl (C=O) groups is 1. The number of carbonyl (C=O) groups excluding carboxylic acids is 1. The fourth-order valence-electron chi connectivity index (χ4n) is 1.43. The molecule has 0 saturated heterocycles. The Hall–Kier alpha value is -2.23. The normalized spacial score (nSPS) is 10.1. The van der Waals surface area contributed by atoms with E-state index < -0.39 is 0 Å². The fourth-order valence-corrected chi connectivity index (χ4v) is 1.43. The monoisotopic (exact) mass is 216 g/mol. The molecule has 0 atom stereocenters. The summed E-state index contributed by atoms with van der Waals surface area (Å²) in [7, 11) is 1.70. The quantitative estimate of drug-likeness (QED) is 0.782. The molecule has 1 heterocycles. The van der Waals surface area contributed by atoms with E-state index in [1.54, 1.807) is 25.2 Å². The molecule has 0 aliphatic rings. The summed E-state index contributed by atoms with van der Waals surface area (Å²) < 4.78 is 4.87. The average molecular weight is 216 g/mol. The van der Waals surface area contributed by atoms with Crippen LogP contribution in [0.5, 0.6) is 0 Å². The lowest BCUT2D eigenvalue weighted by molar-refractivity contribution is 0.0992. The molecule has 0 aliphatic carbocycles. The van der Waals surface area contributed by atoms with Gasteiger partial charge in [0.2, 0.25) is 0 Å². The first-order chi connectivity index (χ1) is 7.68. The molecule has 0 radical (unpaired) electrons. The SMILES string of the molecule is CN(C(=O)c1ccoc1)c1cccc(N)c1. The predicted molar refractivity (Wildman–Crippen MR) is 62.3 cm³/mol. The van der Waals surface area contributed by atoms with Crippen LogP contribution in [0.4, 0.5) is 11.4 Å². The van der Waals surface area contributed by atoms with E-state index in [2.05, 4.69) is 0 Å². The van der Waals surface area contributed by atoms with Crippen molar-refractivity contribution >= 4 is 17.3 Å². The van der Waals surface area contributed by atoms with Crippen molar-refractivity contribution in [1.82, 2.24) is 0 Å². The Bertz CT molecular complexity index is 491. The molecule has 1 amide bonds. The van der Waals surface area contributed by atoms with Gasteiger partial charge < -0.3 is 15.1 Å². The zero-order chi connectivity index (χ0) is 11.5. The minimum absolute atomic E-state index is 0.126. The number of furan rings is 1. The summed E-state index contributed by atoms with van der Waals surface area (Å²) >= 11 is 0. The molecule has 2 N–H and O–H groups in total. The Morgan fingerprint density at radius 3 is 2.81 bits per heavy atom. The first kappa shape index (κ1) is 10.3. The second kappa shape index (κ2) is 4.10. The van der Waals surface area contributed by atoms with Crippen molar-refractivity contribution in [3.63, 3.8) is 0 Å². The molecule has 82 valence electrons. The van der Waals surface area contributed by atoms with Crippen LogP contribution in [0.3, 0.4) is 0 Å². The van der Waals surface area contributed by atoms with Gasteiger partial charge in [-0.1, -0.05) is 6.07 Å². The Morgan fingerprint density at radius 1 is 1.38 bits per heavy atom. The molecule has 4 heteroatoms. The minimum atomic E-state index is -0.126. The number of rotatable bonds is 2. The Labute approximate surface area is 93.3 Å². The summed E-state index contributed by atoms with van der Waals surface area (Å²) in [6.45, 7) is 0. The number of hydrogen-bond donors (Lipinski definition) is 1. The lowest BCUT2D eigenvalue weighted by Crippen LogP contribution is -2.25. The van der Waals surface area contributed by atoms with Gasteiger partial charge in [-0.3, -0.25) is 4.79 Å². The van der Waals surface area contributed by atoms with E-state index in [4.69, 9.17) is 10.2 Å². The van der Waals surface area contributed by atoms with E-state index in [1.807, 2.05) is 12.1 Å². The van der Waals surface area contributed by atoms with Crippen molar-refractivity contribution in [2.45, 2.75) is 0 Å². The van der Waals surface area contributed by atoms with Gasteiger partial charge in [-0.2, -0.15) is 0 Å². The molecular formula is C12H12N2O2. The molecule has 0 aliphatic heterocycles. The topological polar surface area (TPSA) is 59.5 Å². The summed E-state index contributed by atoms with van der Waals surface area (Å²) in [5.74, 6) is -0.126. The zero-order valence-electron chi connectivity index (χ0n) is 8.88. The predicted octanol–water partition coefficient (Wildman–Crippen LogP) is 2.14. The number of anilines is 2. The summed E-state index contributed by atoms with van der Waals surface area (Å²) in [5.41, 5.74) is 7.56. The molecule has 16 heavy (non-hydrogen) atoms. The maximum Gasteiger partial charge on any atom is 0.261 e. The molecular weight excluding hydrogens is 204 g/mol. The maximum atomic E-state index is 11.9. The van der Waals surface area contributed by atoms with Gasteiger partial charge in [0.15, 0.2) is 0 Å². The van der Waals surface area contributed by atoms with Gasteiger partial charge in [-0.15, -0.1) is 0 Å². The van der Waals surface area contributed by atoms with Crippen LogP contribution in [0.1, 0.15) is 10.4 Å². The maximum absolute atomic E-state index is 11.9. The van der Waals surface area contributed by atoms with Gasteiger partial charge in [0.25, 0.3) is 5.91 Å². The molecule has 2 rings (SSSR count). The molecule has 0 fully saturated rings. The second-order valence-corrected chi connectivity index (χ2v) is 3.47. The molecule has 0 unspecified atom stereocenters. The largest absolute Gasteiger partial charge is 0.472 e. The highest BCUT2D eigenvalue weighted by atomic mass is 16.3. The number of nitrogens with zero attached hydrogens (tertiary/aromatic N) is 1. The Kier molecular flexibility index (Phi) is 2.64. The van der Waals surface area contributed by atoms with Crippen molar-refractivity contribution in [2.24, 2.45) is 0 Å². The highest BCUT2D eigenvalue weighted by molar-refractivity contribution is 6.05. The van der Waals surface area contributed by atoms with Crippen LogP contribution in [-0.4, -0.2) is 13.0 Å². The average Bonchev–Trinajstić information content (AvgIpc) is 2.80. The number of hydrogen-bond acceptors (Lipinski definition) is 3. The summed E-state index contributed by atoms with van der Waals surface area (Å²) in [6.07, 6.45) is 2.89. The van der Waals surface area contributed by atoms with Crippen LogP contribution in [0.2, 0.25) is 0 Å². The van der Waals surface area contributed by atoms with Crippen LogP contribution in [0.25, 0.3) is 0 Å². The van der Waals surface area contributed by atoms with Crippen molar-refractivity contribution < 1.29 is 9.21 Å². The van der Waals surface area contributed by atoms with Gasteiger partial charge in [-0.25, -0.2) is 0 Å². The molecule has 0 bridgehead atoms. The minimum Gasteiger partial charge on any atom is -0.472 e. The molecule has 0 spiro atoms. The van der Waals surface area contributed by atoms with Gasteiger partial charge in [-0.05, 0) is 24.3 Å². The fraction of sp³-hybridized carbons (Fsp3) is 0.0833. The summed E-state index contributed by atoms with van der Waals surface area (Å²) in [5, 5.41) is 0. The van der Waals surface area contributed by atoms with Crippen LogP contribution < -0.4 is 10.6 Å². The van der Waals surface area contributed by atoms with E-state index in [-0.39, 0.29) is 5.91 Å². The molecule has 1 aromatic heterocycles. The van der Waals surface area contributed by atoms with E-state index in [0.717, 1.165) is 5.69 Å². The second-order valence-electron chi connectivity index (χ2n) is 3.47. The third-order valence-electron chi connectivity index (χ3n) is 2.33. The van der Waals surface area contributed by atoms with Crippen molar-refractivity contribution in [1.29, 1.82) is 0 Å². The standard InChI is InChI=1S/C12H12N2O2/c1-14(11-4-2-3-10(13)7-11)12(15)9-5-6-16-8-9/h2-8H,13H2,1H3. The lowest BCUT2D eigenvalue weighted by Gasteiger charge is -2.16. The smallest absolute Gasteiger partial charge is 0.261 e. The van der Waals surface area contributed by atoms with E-state index in [0.29, 0.717) is 11.3 Å². The Morgan fingerprint density at radius 2 is 2.19 bits per heavy atom. The molecule has 2 aromatic rings. The number of amides is 1. The van der Waals surface area contributed by atoms with Crippen LogP contribution >= 0.6 is 0 Å². The van der Waals surface area contributed by atoms with Crippen LogP contribution in [-0.2, 0) is 0 Å². The van der Waals surface area contributed by atoms with E-state index >= 15 is 0 Å². The van der Waals surface area contributed by atoms with Crippen LogP contribution in [0.15, 0.2) is 47.3 Å². The highest BCUT2D eigenvalue weighted by Crippen LogP contribution is 2.18. The number of nitrogens with two attached hydrogens (primary N) is 1.